The molecule has 0 fully saturated rings. The molecule has 1 aromatic rings. The molecule has 0 radical (unpaired) electrons. The van der Waals surface area contributed by atoms with E-state index in [1.54, 1.807) is 6.08 Å². The molecule has 0 aliphatic carbocycles. The molecule has 1 N–H and O–H groups in total. The first kappa shape index (κ1) is 9.09. The number of rotatable bonds is 1. The first-order chi connectivity index (χ1) is 6.17. The number of aryl methyl sites for hydroxylation is 2. The molecular weight excluding hydrogens is 162 g/mol. The summed E-state index contributed by atoms with van der Waals surface area (Å²) in [5.41, 5.74) is 3.03. The highest BCUT2D eigenvalue weighted by Crippen LogP contribution is 2.12. The van der Waals surface area contributed by atoms with Crippen LogP contribution in [0.2, 0.25) is 0 Å². The number of nitrogens with zero attached hydrogens (tertiary/aromatic N) is 2. The number of aromatic nitrogens is 1. The summed E-state index contributed by atoms with van der Waals surface area (Å²) in [5, 5.41) is 17.1. The summed E-state index contributed by atoms with van der Waals surface area (Å²) in [7, 11) is 0. The van der Waals surface area contributed by atoms with Crippen LogP contribution in [-0.2, 0) is 0 Å². The van der Waals surface area contributed by atoms with E-state index in [2.05, 4.69) is 4.98 Å². The van der Waals surface area contributed by atoms with Gasteiger partial charge in [-0.1, -0.05) is 0 Å². The Morgan fingerprint density at radius 3 is 2.38 bits per heavy atom. The number of nitrogens with one attached hydrogen (secondary N) is 1. The van der Waals surface area contributed by atoms with Crippen molar-refractivity contribution < 1.29 is 0 Å². The molecule has 0 saturated heterocycles. The van der Waals surface area contributed by atoms with Gasteiger partial charge in [0.25, 0.3) is 0 Å². The Morgan fingerprint density at radius 1 is 1.38 bits per heavy atom. The second-order valence-corrected chi connectivity index (χ2v) is 2.81. The number of hydrogen-bond acceptors (Lipinski definition) is 2. The maximum absolute atomic E-state index is 8.53. The normalized spacial score (nSPS) is 8.62. The molecule has 0 aliphatic heterocycles. The molecule has 0 aliphatic rings. The van der Waals surface area contributed by atoms with E-state index in [1.807, 2.05) is 32.1 Å². The molecule has 0 amide bonds. The lowest BCUT2D eigenvalue weighted by Gasteiger charge is -1.87. The summed E-state index contributed by atoms with van der Waals surface area (Å²) in [5.74, 6) is 0. The van der Waals surface area contributed by atoms with Crippen LogP contribution in [0.15, 0.2) is 11.6 Å². The van der Waals surface area contributed by atoms with Crippen molar-refractivity contribution in [3.8, 4) is 12.1 Å². The fourth-order valence-electron chi connectivity index (χ4n) is 1.14. The van der Waals surface area contributed by atoms with Gasteiger partial charge in [0, 0.05) is 11.4 Å². The Morgan fingerprint density at radius 2 is 2.00 bits per heavy atom. The van der Waals surface area contributed by atoms with Crippen LogP contribution in [-0.4, -0.2) is 4.98 Å². The Balaban J connectivity index is 3.13. The van der Waals surface area contributed by atoms with E-state index in [9.17, 15) is 0 Å². The van der Waals surface area contributed by atoms with E-state index in [-0.39, 0.29) is 5.57 Å². The predicted octanol–water partition coefficient (Wildman–Crippen LogP) is 2.06. The minimum absolute atomic E-state index is 0.127. The number of allylic oxidation sites excluding steroid dienone is 1. The number of H-pyrrole nitrogens is 1. The van der Waals surface area contributed by atoms with E-state index in [1.165, 1.54) is 0 Å². The smallest absolute Gasteiger partial charge is 0.130 e. The first-order valence-electron chi connectivity index (χ1n) is 3.85. The Labute approximate surface area is 76.9 Å². The van der Waals surface area contributed by atoms with Gasteiger partial charge in [-0.05, 0) is 31.6 Å². The van der Waals surface area contributed by atoms with E-state index in [0.717, 1.165) is 17.0 Å². The summed E-state index contributed by atoms with van der Waals surface area (Å²) < 4.78 is 0. The van der Waals surface area contributed by atoms with Gasteiger partial charge < -0.3 is 4.98 Å². The highest BCUT2D eigenvalue weighted by atomic mass is 14.7. The fraction of sp³-hybridized carbons (Fsp3) is 0.200. The molecule has 13 heavy (non-hydrogen) atoms. The predicted molar refractivity (Wildman–Crippen MR) is 49.5 cm³/mol. The van der Waals surface area contributed by atoms with Crippen molar-refractivity contribution in [2.75, 3.05) is 0 Å². The third-order valence-electron chi connectivity index (χ3n) is 1.73. The Hall–Kier alpha value is -2.00. The van der Waals surface area contributed by atoms with Gasteiger partial charge in [-0.15, -0.1) is 0 Å². The lowest BCUT2D eigenvalue weighted by Crippen LogP contribution is -1.76. The van der Waals surface area contributed by atoms with Gasteiger partial charge in [0.15, 0.2) is 0 Å². The zero-order chi connectivity index (χ0) is 9.84. The first-order valence-corrected chi connectivity index (χ1v) is 3.85. The quantitative estimate of drug-likeness (QED) is 0.657. The standard InChI is InChI=1S/C10H9N3/c1-7-3-10(8(2)13-7)4-9(5-11)6-12/h3-4,13H,1-2H3. The van der Waals surface area contributed by atoms with E-state index < -0.39 is 0 Å². The topological polar surface area (TPSA) is 63.4 Å². The van der Waals surface area contributed by atoms with E-state index >= 15 is 0 Å². The van der Waals surface area contributed by atoms with Gasteiger partial charge in [-0.25, -0.2) is 0 Å². The molecule has 64 valence electrons. The second kappa shape index (κ2) is 3.60. The lowest BCUT2D eigenvalue weighted by molar-refractivity contribution is 1.19. The van der Waals surface area contributed by atoms with Gasteiger partial charge >= 0.3 is 0 Å². The second-order valence-electron chi connectivity index (χ2n) is 2.81. The summed E-state index contributed by atoms with van der Waals surface area (Å²) in [6, 6.07) is 5.55. The van der Waals surface area contributed by atoms with Crippen LogP contribution in [0.5, 0.6) is 0 Å². The van der Waals surface area contributed by atoms with Gasteiger partial charge in [0.1, 0.15) is 17.7 Å². The van der Waals surface area contributed by atoms with Crippen molar-refractivity contribution >= 4 is 6.08 Å². The molecule has 1 rings (SSSR count). The van der Waals surface area contributed by atoms with E-state index in [4.69, 9.17) is 10.5 Å². The monoisotopic (exact) mass is 171 g/mol. The van der Waals surface area contributed by atoms with Gasteiger partial charge in [0.2, 0.25) is 0 Å². The molecule has 0 aromatic carbocycles. The number of aromatic amines is 1. The maximum Gasteiger partial charge on any atom is 0.130 e. The summed E-state index contributed by atoms with van der Waals surface area (Å²) in [6.07, 6.45) is 1.58. The lowest BCUT2D eigenvalue weighted by atomic mass is 10.2. The van der Waals surface area contributed by atoms with Crippen LogP contribution in [0.4, 0.5) is 0 Å². The highest BCUT2D eigenvalue weighted by Gasteiger charge is 2.00. The summed E-state index contributed by atoms with van der Waals surface area (Å²) >= 11 is 0. The van der Waals surface area contributed by atoms with Crippen molar-refractivity contribution in [2.24, 2.45) is 0 Å². The van der Waals surface area contributed by atoms with Crippen molar-refractivity contribution in [3.05, 3.63) is 28.6 Å². The Kier molecular flexibility index (Phi) is 2.52. The van der Waals surface area contributed by atoms with Crippen LogP contribution in [0.3, 0.4) is 0 Å². The van der Waals surface area contributed by atoms with Crippen LogP contribution in [0, 0.1) is 36.5 Å². The third-order valence-corrected chi connectivity index (χ3v) is 1.73. The molecule has 0 unspecified atom stereocenters. The Bertz CT molecular complexity index is 408. The molecule has 0 bridgehead atoms. The molecule has 0 saturated carbocycles. The minimum Gasteiger partial charge on any atom is -0.362 e. The van der Waals surface area contributed by atoms with Crippen LogP contribution >= 0.6 is 0 Å². The average Bonchev–Trinajstić information content (AvgIpc) is 2.41. The SMILES string of the molecule is Cc1cc(C=C(C#N)C#N)c(C)[nH]1. The van der Waals surface area contributed by atoms with Crippen molar-refractivity contribution in [1.82, 2.24) is 4.98 Å². The summed E-state index contributed by atoms with van der Waals surface area (Å²) in [4.78, 5) is 3.10. The molecule has 0 spiro atoms. The molecule has 3 nitrogen and oxygen atoms in total. The van der Waals surface area contributed by atoms with Gasteiger partial charge in [-0.2, -0.15) is 10.5 Å². The van der Waals surface area contributed by atoms with Gasteiger partial charge in [-0.3, -0.25) is 0 Å². The molecular formula is C10H9N3. The van der Waals surface area contributed by atoms with Crippen molar-refractivity contribution in [2.45, 2.75) is 13.8 Å². The van der Waals surface area contributed by atoms with Crippen LogP contribution in [0.25, 0.3) is 6.08 Å². The highest BCUT2D eigenvalue weighted by molar-refractivity contribution is 5.63. The zero-order valence-corrected chi connectivity index (χ0v) is 7.55. The fourth-order valence-corrected chi connectivity index (χ4v) is 1.14. The number of hydrogen-bond donors (Lipinski definition) is 1. The van der Waals surface area contributed by atoms with Gasteiger partial charge in [0.05, 0.1) is 0 Å². The van der Waals surface area contributed by atoms with E-state index in [0.29, 0.717) is 0 Å². The zero-order valence-electron chi connectivity index (χ0n) is 7.55. The number of nitriles is 2. The van der Waals surface area contributed by atoms with Crippen LogP contribution < -0.4 is 0 Å². The molecule has 3 heteroatoms. The molecule has 1 aromatic heterocycles. The van der Waals surface area contributed by atoms with Crippen LogP contribution in [0.1, 0.15) is 17.0 Å². The van der Waals surface area contributed by atoms with Crippen molar-refractivity contribution in [3.63, 3.8) is 0 Å². The molecule has 1 heterocycles. The maximum atomic E-state index is 8.53. The minimum atomic E-state index is 0.127. The average molecular weight is 171 g/mol. The third kappa shape index (κ3) is 1.98. The van der Waals surface area contributed by atoms with Crippen molar-refractivity contribution in [1.29, 1.82) is 10.5 Å². The summed E-state index contributed by atoms with van der Waals surface area (Å²) in [6.45, 7) is 3.84. The largest absolute Gasteiger partial charge is 0.362 e. The molecule has 0 atom stereocenters.